The molecule has 0 saturated carbocycles. The van der Waals surface area contributed by atoms with Crippen molar-refractivity contribution in [3.8, 4) is 5.75 Å². The highest BCUT2D eigenvalue weighted by atomic mass is 32.2. The highest BCUT2D eigenvalue weighted by Gasteiger charge is 2.20. The summed E-state index contributed by atoms with van der Waals surface area (Å²) >= 11 is 1.51. The van der Waals surface area contributed by atoms with E-state index < -0.39 is 0 Å². The van der Waals surface area contributed by atoms with Gasteiger partial charge in [-0.1, -0.05) is 30.3 Å². The molecule has 0 aliphatic rings. The first-order valence-corrected chi connectivity index (χ1v) is 8.24. The van der Waals surface area contributed by atoms with Gasteiger partial charge in [-0.15, -0.1) is 11.8 Å². The zero-order valence-electron chi connectivity index (χ0n) is 13.3. The predicted molar refractivity (Wildman–Crippen MR) is 92.8 cm³/mol. The number of hydrogen-bond donors (Lipinski definition) is 1. The molecule has 0 aliphatic carbocycles. The van der Waals surface area contributed by atoms with E-state index in [9.17, 15) is 4.79 Å². The van der Waals surface area contributed by atoms with Crippen LogP contribution in [0.2, 0.25) is 0 Å². The number of carbonyl (C=O) groups is 1. The summed E-state index contributed by atoms with van der Waals surface area (Å²) in [7, 11) is 3.07. The maximum absolute atomic E-state index is 11.9. The average molecular weight is 331 g/mol. The van der Waals surface area contributed by atoms with Crippen molar-refractivity contribution in [1.82, 2.24) is 5.32 Å². The SMILES string of the molecule is COC(=O)C(CNCc1ccc(OC)cc1)Sc1ccccc1. The fraction of sp³-hybridized carbons (Fsp3) is 0.278. The molecule has 1 atom stereocenters. The number of ether oxygens (including phenoxy) is 2. The number of methoxy groups -OCH3 is 2. The van der Waals surface area contributed by atoms with Crippen molar-refractivity contribution in [1.29, 1.82) is 0 Å². The van der Waals surface area contributed by atoms with Crippen LogP contribution in [0.1, 0.15) is 5.56 Å². The molecule has 0 heterocycles. The fourth-order valence-electron chi connectivity index (χ4n) is 2.06. The topological polar surface area (TPSA) is 47.6 Å². The van der Waals surface area contributed by atoms with Gasteiger partial charge in [0.25, 0.3) is 0 Å². The molecule has 0 fully saturated rings. The molecule has 1 N–H and O–H groups in total. The Morgan fingerprint density at radius 2 is 1.78 bits per heavy atom. The van der Waals surface area contributed by atoms with Crippen LogP contribution >= 0.6 is 11.8 Å². The van der Waals surface area contributed by atoms with E-state index in [4.69, 9.17) is 9.47 Å². The molecule has 2 aromatic carbocycles. The van der Waals surface area contributed by atoms with E-state index in [-0.39, 0.29) is 11.2 Å². The minimum atomic E-state index is -0.277. The van der Waals surface area contributed by atoms with E-state index in [0.29, 0.717) is 13.1 Å². The quantitative estimate of drug-likeness (QED) is 0.595. The van der Waals surface area contributed by atoms with Crippen molar-refractivity contribution in [2.45, 2.75) is 16.7 Å². The van der Waals surface area contributed by atoms with E-state index in [1.165, 1.54) is 18.9 Å². The van der Waals surface area contributed by atoms with Crippen molar-refractivity contribution in [3.05, 3.63) is 60.2 Å². The Hall–Kier alpha value is -1.98. The van der Waals surface area contributed by atoms with Gasteiger partial charge >= 0.3 is 5.97 Å². The Morgan fingerprint density at radius 3 is 2.39 bits per heavy atom. The van der Waals surface area contributed by atoms with Crippen LogP contribution in [0, 0.1) is 0 Å². The fourth-order valence-corrected chi connectivity index (χ4v) is 3.10. The molecule has 23 heavy (non-hydrogen) atoms. The summed E-state index contributed by atoms with van der Waals surface area (Å²) in [5.74, 6) is 0.613. The van der Waals surface area contributed by atoms with Crippen LogP contribution < -0.4 is 10.1 Å². The van der Waals surface area contributed by atoms with E-state index in [2.05, 4.69) is 5.32 Å². The van der Waals surface area contributed by atoms with Gasteiger partial charge in [0.1, 0.15) is 11.0 Å². The maximum Gasteiger partial charge on any atom is 0.320 e. The standard InChI is InChI=1S/C18H21NO3S/c1-21-15-10-8-14(9-11-15)12-19-13-17(18(20)22-2)23-16-6-4-3-5-7-16/h3-11,17,19H,12-13H2,1-2H3. The van der Waals surface area contributed by atoms with Gasteiger partial charge in [0, 0.05) is 18.0 Å². The first kappa shape index (κ1) is 17.4. The lowest BCUT2D eigenvalue weighted by atomic mass is 10.2. The maximum atomic E-state index is 11.9. The normalized spacial score (nSPS) is 11.7. The second-order valence-corrected chi connectivity index (χ2v) is 6.20. The molecule has 0 radical (unpaired) electrons. The van der Waals surface area contributed by atoms with Crippen molar-refractivity contribution >= 4 is 17.7 Å². The third kappa shape index (κ3) is 5.62. The van der Waals surface area contributed by atoms with E-state index in [0.717, 1.165) is 16.2 Å². The number of benzene rings is 2. The molecule has 2 rings (SSSR count). The first-order valence-electron chi connectivity index (χ1n) is 7.36. The number of hydrogen-bond acceptors (Lipinski definition) is 5. The third-order valence-electron chi connectivity index (χ3n) is 3.30. The van der Waals surface area contributed by atoms with Crippen molar-refractivity contribution in [2.75, 3.05) is 20.8 Å². The minimum absolute atomic E-state index is 0.221. The van der Waals surface area contributed by atoms with Gasteiger partial charge in [0.2, 0.25) is 0 Å². The number of nitrogens with one attached hydrogen (secondary N) is 1. The summed E-state index contributed by atoms with van der Waals surface area (Å²) in [5.41, 5.74) is 1.14. The Labute approximate surface area is 141 Å². The van der Waals surface area contributed by atoms with E-state index >= 15 is 0 Å². The van der Waals surface area contributed by atoms with Gasteiger partial charge in [0.15, 0.2) is 0 Å². The van der Waals surface area contributed by atoms with Gasteiger partial charge in [0.05, 0.1) is 14.2 Å². The second-order valence-electron chi connectivity index (χ2n) is 4.92. The monoisotopic (exact) mass is 331 g/mol. The average Bonchev–Trinajstić information content (AvgIpc) is 2.61. The van der Waals surface area contributed by atoms with Gasteiger partial charge in [-0.3, -0.25) is 4.79 Å². The van der Waals surface area contributed by atoms with Gasteiger partial charge in [-0.05, 0) is 29.8 Å². The molecule has 0 bridgehead atoms. The summed E-state index contributed by atoms with van der Waals surface area (Å²) in [5, 5.41) is 3.04. The molecule has 0 aromatic heterocycles. The molecule has 5 heteroatoms. The lowest BCUT2D eigenvalue weighted by Crippen LogP contribution is -2.31. The van der Waals surface area contributed by atoms with Gasteiger partial charge < -0.3 is 14.8 Å². The van der Waals surface area contributed by atoms with Crippen LogP contribution in [-0.4, -0.2) is 32.0 Å². The zero-order valence-corrected chi connectivity index (χ0v) is 14.1. The van der Waals surface area contributed by atoms with Gasteiger partial charge in [-0.2, -0.15) is 0 Å². The number of thioether (sulfide) groups is 1. The van der Waals surface area contributed by atoms with E-state index in [1.54, 1.807) is 7.11 Å². The number of esters is 1. The van der Waals surface area contributed by atoms with Crippen LogP contribution in [-0.2, 0) is 16.1 Å². The molecule has 0 aliphatic heterocycles. The van der Waals surface area contributed by atoms with Crippen LogP contribution in [0.4, 0.5) is 0 Å². The predicted octanol–water partition coefficient (Wildman–Crippen LogP) is 3.12. The zero-order chi connectivity index (χ0) is 16.5. The smallest absolute Gasteiger partial charge is 0.320 e. The lowest BCUT2D eigenvalue weighted by Gasteiger charge is -2.15. The van der Waals surface area contributed by atoms with Crippen LogP contribution in [0.15, 0.2) is 59.5 Å². The van der Waals surface area contributed by atoms with Crippen molar-refractivity contribution in [3.63, 3.8) is 0 Å². The Morgan fingerprint density at radius 1 is 1.09 bits per heavy atom. The molecule has 0 amide bonds. The molecule has 0 saturated heterocycles. The number of rotatable bonds is 8. The third-order valence-corrected chi connectivity index (χ3v) is 4.49. The molecule has 0 spiro atoms. The summed E-state index contributed by atoms with van der Waals surface area (Å²) in [6.45, 7) is 1.23. The summed E-state index contributed by atoms with van der Waals surface area (Å²) in [4.78, 5) is 13.0. The first-order chi connectivity index (χ1) is 11.2. The van der Waals surface area contributed by atoms with Crippen LogP contribution in [0.5, 0.6) is 5.75 Å². The van der Waals surface area contributed by atoms with Crippen LogP contribution in [0.3, 0.4) is 0 Å². The summed E-state index contributed by atoms with van der Waals surface area (Å²) < 4.78 is 10.0. The van der Waals surface area contributed by atoms with Crippen molar-refractivity contribution in [2.24, 2.45) is 0 Å². The largest absolute Gasteiger partial charge is 0.497 e. The molecular weight excluding hydrogens is 310 g/mol. The van der Waals surface area contributed by atoms with Gasteiger partial charge in [-0.25, -0.2) is 0 Å². The molecular formula is C18H21NO3S. The minimum Gasteiger partial charge on any atom is -0.497 e. The summed E-state index contributed by atoms with van der Waals surface area (Å²) in [6, 6.07) is 17.7. The van der Waals surface area contributed by atoms with Crippen molar-refractivity contribution < 1.29 is 14.3 Å². The lowest BCUT2D eigenvalue weighted by molar-refractivity contribution is -0.139. The highest BCUT2D eigenvalue weighted by molar-refractivity contribution is 8.00. The number of carbonyl (C=O) groups excluding carboxylic acids is 1. The van der Waals surface area contributed by atoms with E-state index in [1.807, 2.05) is 54.6 Å². The molecule has 4 nitrogen and oxygen atoms in total. The Kier molecular flexibility index (Phi) is 6.97. The Bertz CT molecular complexity index is 601. The molecule has 2 aromatic rings. The highest BCUT2D eigenvalue weighted by Crippen LogP contribution is 2.23. The van der Waals surface area contributed by atoms with Crippen LogP contribution in [0.25, 0.3) is 0 Å². The Balaban J connectivity index is 1.88. The second kappa shape index (κ2) is 9.22. The molecule has 122 valence electrons. The molecule has 1 unspecified atom stereocenters. The summed E-state index contributed by atoms with van der Waals surface area (Å²) in [6.07, 6.45) is 0.